The highest BCUT2D eigenvalue weighted by Crippen LogP contribution is 2.49. The van der Waals surface area contributed by atoms with Crippen molar-refractivity contribution in [3.8, 4) is 0 Å². The first-order chi connectivity index (χ1) is 16.7. The topological polar surface area (TPSA) is 59.1 Å². The summed E-state index contributed by atoms with van der Waals surface area (Å²) in [7, 11) is 0. The van der Waals surface area contributed by atoms with Crippen LogP contribution in [0, 0.1) is 0 Å². The minimum Gasteiger partial charge on any atom is -0.379 e. The van der Waals surface area contributed by atoms with Crippen molar-refractivity contribution in [1.29, 1.82) is 0 Å². The van der Waals surface area contributed by atoms with Crippen LogP contribution in [0.5, 0.6) is 0 Å². The number of benzene rings is 2. The van der Waals surface area contributed by atoms with Gasteiger partial charge in [-0.25, -0.2) is 0 Å². The molecular weight excluding hydrogens is 428 g/mol. The predicted molar refractivity (Wildman–Crippen MR) is 130 cm³/mol. The Morgan fingerprint density at radius 1 is 0.588 bits per heavy atom. The summed E-state index contributed by atoms with van der Waals surface area (Å²) in [4.78, 5) is 34.0. The van der Waals surface area contributed by atoms with Gasteiger partial charge in [-0.3, -0.25) is 19.4 Å². The molecular formula is C28H34N2O4. The quantitative estimate of drug-likeness (QED) is 0.613. The first-order valence-electron chi connectivity index (χ1n) is 12.6. The SMILES string of the molecule is O=C(c1ccccc1)C1(N2CCOCC2)CCCCC1(C(=O)c1ccccc1)N1CCOCC1. The fraction of sp³-hybridized carbons (Fsp3) is 0.500. The van der Waals surface area contributed by atoms with Crippen LogP contribution in [0.25, 0.3) is 0 Å². The standard InChI is InChI=1S/C28H34N2O4/c31-25(23-9-3-1-4-10-23)27(29-15-19-33-20-16-29)13-7-8-14-28(27,30-17-21-34-22-18-30)26(32)24-11-5-2-6-12-24/h1-6,9-12H,7-8,13-22H2. The first kappa shape index (κ1) is 23.4. The molecule has 5 rings (SSSR count). The Balaban J connectivity index is 1.74. The van der Waals surface area contributed by atoms with E-state index in [4.69, 9.17) is 9.47 Å². The summed E-state index contributed by atoms with van der Waals surface area (Å²) in [6.45, 7) is 4.87. The molecule has 3 aliphatic rings. The number of hydrogen-bond donors (Lipinski definition) is 0. The maximum absolute atomic E-state index is 14.7. The van der Waals surface area contributed by atoms with E-state index in [2.05, 4.69) is 9.80 Å². The highest BCUT2D eigenvalue weighted by atomic mass is 16.5. The number of nitrogens with zero attached hydrogens (tertiary/aromatic N) is 2. The van der Waals surface area contributed by atoms with Gasteiger partial charge in [0, 0.05) is 37.3 Å². The zero-order valence-electron chi connectivity index (χ0n) is 19.8. The second-order valence-corrected chi connectivity index (χ2v) is 9.52. The molecule has 6 heteroatoms. The summed E-state index contributed by atoms with van der Waals surface area (Å²) in [5.41, 5.74) is -0.565. The average molecular weight is 463 g/mol. The molecule has 2 aromatic rings. The lowest BCUT2D eigenvalue weighted by atomic mass is 9.58. The molecule has 6 nitrogen and oxygen atoms in total. The van der Waals surface area contributed by atoms with E-state index in [1.165, 1.54) is 0 Å². The van der Waals surface area contributed by atoms with Gasteiger partial charge >= 0.3 is 0 Å². The number of carbonyl (C=O) groups is 2. The van der Waals surface area contributed by atoms with Gasteiger partial charge in [0.1, 0.15) is 11.1 Å². The molecule has 3 fully saturated rings. The predicted octanol–water partition coefficient (Wildman–Crippen LogP) is 3.47. The largest absolute Gasteiger partial charge is 0.379 e. The van der Waals surface area contributed by atoms with Crippen molar-refractivity contribution in [3.05, 3.63) is 71.8 Å². The number of morpholine rings is 2. The summed E-state index contributed by atoms with van der Waals surface area (Å²) in [6, 6.07) is 19.1. The van der Waals surface area contributed by atoms with Gasteiger partial charge in [0.25, 0.3) is 0 Å². The molecule has 2 heterocycles. The summed E-state index contributed by atoms with van der Waals surface area (Å²) in [5.74, 6) is 0.121. The van der Waals surface area contributed by atoms with Crippen molar-refractivity contribution >= 4 is 11.6 Å². The Morgan fingerprint density at radius 2 is 0.941 bits per heavy atom. The van der Waals surface area contributed by atoms with Crippen LogP contribution >= 0.6 is 0 Å². The van der Waals surface area contributed by atoms with Gasteiger partial charge in [-0.1, -0.05) is 73.5 Å². The summed E-state index contributed by atoms with van der Waals surface area (Å²) in [5, 5.41) is 0. The monoisotopic (exact) mass is 462 g/mol. The first-order valence-corrected chi connectivity index (χ1v) is 12.6. The van der Waals surface area contributed by atoms with Crippen LogP contribution in [0.4, 0.5) is 0 Å². The molecule has 2 aliphatic heterocycles. The van der Waals surface area contributed by atoms with E-state index >= 15 is 0 Å². The Hall–Kier alpha value is -2.38. The summed E-state index contributed by atoms with van der Waals surface area (Å²) in [6.07, 6.45) is 3.17. The van der Waals surface area contributed by atoms with Gasteiger partial charge in [-0.15, -0.1) is 0 Å². The van der Waals surface area contributed by atoms with E-state index in [9.17, 15) is 9.59 Å². The molecule has 0 bridgehead atoms. The van der Waals surface area contributed by atoms with E-state index < -0.39 is 11.1 Å². The minimum absolute atomic E-state index is 0.0606. The maximum Gasteiger partial charge on any atom is 0.185 e. The third-order valence-corrected chi connectivity index (χ3v) is 7.94. The van der Waals surface area contributed by atoms with Gasteiger partial charge in [0.15, 0.2) is 11.6 Å². The summed E-state index contributed by atoms with van der Waals surface area (Å²) < 4.78 is 11.4. The van der Waals surface area contributed by atoms with E-state index in [0.717, 1.165) is 12.8 Å². The molecule has 0 amide bonds. The molecule has 2 aromatic carbocycles. The maximum atomic E-state index is 14.7. The number of Topliss-reactive ketones (excluding diaryl/α,β-unsaturated/α-hetero) is 2. The van der Waals surface area contributed by atoms with Gasteiger partial charge < -0.3 is 9.47 Å². The van der Waals surface area contributed by atoms with Gasteiger partial charge in [0.2, 0.25) is 0 Å². The van der Waals surface area contributed by atoms with Crippen LogP contribution in [0.3, 0.4) is 0 Å². The Kier molecular flexibility index (Phi) is 6.93. The highest BCUT2D eigenvalue weighted by molar-refractivity contribution is 6.13. The Bertz CT molecular complexity index is 904. The molecule has 2 atom stereocenters. The van der Waals surface area contributed by atoms with E-state index in [-0.39, 0.29) is 11.6 Å². The van der Waals surface area contributed by atoms with Crippen LogP contribution < -0.4 is 0 Å². The number of rotatable bonds is 6. The van der Waals surface area contributed by atoms with E-state index in [1.807, 2.05) is 60.7 Å². The van der Waals surface area contributed by atoms with Crippen molar-refractivity contribution in [2.45, 2.75) is 36.8 Å². The number of ether oxygens (including phenoxy) is 2. The van der Waals surface area contributed by atoms with E-state index in [0.29, 0.717) is 76.6 Å². The fourth-order valence-corrected chi connectivity index (χ4v) is 6.45. The molecule has 1 aliphatic carbocycles. The van der Waals surface area contributed by atoms with Crippen LogP contribution in [-0.2, 0) is 9.47 Å². The molecule has 0 aromatic heterocycles. The number of ketones is 2. The summed E-state index contributed by atoms with van der Waals surface area (Å²) >= 11 is 0. The molecule has 34 heavy (non-hydrogen) atoms. The van der Waals surface area contributed by atoms with Gasteiger partial charge in [-0.2, -0.15) is 0 Å². The van der Waals surface area contributed by atoms with E-state index in [1.54, 1.807) is 0 Å². The highest BCUT2D eigenvalue weighted by Gasteiger charge is 2.66. The van der Waals surface area contributed by atoms with Gasteiger partial charge in [0.05, 0.1) is 26.4 Å². The molecule has 0 N–H and O–H groups in total. The zero-order valence-corrected chi connectivity index (χ0v) is 19.8. The van der Waals surface area contributed by atoms with Crippen molar-refractivity contribution in [1.82, 2.24) is 9.80 Å². The van der Waals surface area contributed by atoms with Crippen LogP contribution in [-0.4, -0.2) is 85.1 Å². The van der Waals surface area contributed by atoms with Crippen LogP contribution in [0.2, 0.25) is 0 Å². The third kappa shape index (κ3) is 3.83. The lowest BCUT2D eigenvalue weighted by Crippen LogP contribution is -2.80. The number of carbonyl (C=O) groups excluding carboxylic acids is 2. The molecule has 1 saturated carbocycles. The van der Waals surface area contributed by atoms with Crippen molar-refractivity contribution in [2.24, 2.45) is 0 Å². The minimum atomic E-state index is -0.958. The van der Waals surface area contributed by atoms with Crippen molar-refractivity contribution in [2.75, 3.05) is 52.6 Å². The van der Waals surface area contributed by atoms with Gasteiger partial charge in [-0.05, 0) is 12.8 Å². The molecule has 180 valence electrons. The Morgan fingerprint density at radius 3 is 1.29 bits per heavy atom. The number of hydrogen-bond acceptors (Lipinski definition) is 6. The lowest BCUT2D eigenvalue weighted by Gasteiger charge is -2.61. The molecule has 2 unspecified atom stereocenters. The lowest BCUT2D eigenvalue weighted by molar-refractivity contribution is -0.110. The zero-order chi connectivity index (χ0) is 23.4. The fourth-order valence-electron chi connectivity index (χ4n) is 6.45. The van der Waals surface area contributed by atoms with Crippen LogP contribution in [0.15, 0.2) is 60.7 Å². The van der Waals surface area contributed by atoms with Crippen LogP contribution in [0.1, 0.15) is 46.4 Å². The second-order valence-electron chi connectivity index (χ2n) is 9.52. The molecule has 0 spiro atoms. The smallest absolute Gasteiger partial charge is 0.185 e. The van der Waals surface area contributed by atoms with Crippen molar-refractivity contribution in [3.63, 3.8) is 0 Å². The third-order valence-electron chi connectivity index (χ3n) is 7.94. The van der Waals surface area contributed by atoms with Crippen molar-refractivity contribution < 1.29 is 19.1 Å². The molecule has 0 radical (unpaired) electrons. The normalized spacial score (nSPS) is 28.9. The average Bonchev–Trinajstić information content (AvgIpc) is 2.94. The molecule has 2 saturated heterocycles. The second kappa shape index (κ2) is 10.1. The Labute approximate surface area is 201 Å².